The normalized spacial score (nSPS) is 21.2. The van der Waals surface area contributed by atoms with Crippen molar-refractivity contribution in [2.75, 3.05) is 12.9 Å². The Bertz CT molecular complexity index is 284. The average Bonchev–Trinajstić information content (AvgIpc) is 2.20. The largest absolute Gasteiger partial charge is 0.468 e. The lowest BCUT2D eigenvalue weighted by atomic mass is 10.1. The number of carbonyl (C=O) groups is 1. The van der Waals surface area contributed by atoms with Crippen LogP contribution in [0, 0.1) is 0 Å². The Balaban J connectivity index is 2.47. The minimum atomic E-state index is -0.187. The van der Waals surface area contributed by atoms with E-state index in [9.17, 15) is 4.79 Å². The van der Waals surface area contributed by atoms with Crippen LogP contribution in [-0.2, 0) is 9.53 Å². The first kappa shape index (κ1) is 11.7. The molecule has 0 N–H and O–H groups in total. The van der Waals surface area contributed by atoms with Crippen LogP contribution in [0.4, 0.5) is 0 Å². The molecule has 1 unspecified atom stereocenters. The number of hydrogen-bond donors (Lipinski definition) is 0. The van der Waals surface area contributed by atoms with Crippen LogP contribution < -0.4 is 0 Å². The first-order chi connectivity index (χ1) is 6.65. The van der Waals surface area contributed by atoms with Crippen LogP contribution in [0.5, 0.6) is 0 Å². The molecule has 0 aromatic rings. The summed E-state index contributed by atoms with van der Waals surface area (Å²) in [5.41, 5.74) is 1.14. The number of carbonyl (C=O) groups excluding carboxylic acids is 1. The smallest absolute Gasteiger partial charge is 0.315 e. The van der Waals surface area contributed by atoms with E-state index < -0.39 is 0 Å². The number of esters is 1. The lowest BCUT2D eigenvalue weighted by Gasteiger charge is -2.19. The quantitative estimate of drug-likeness (QED) is 0.700. The zero-order valence-corrected chi connectivity index (χ0v) is 9.82. The highest BCUT2D eigenvalue weighted by Gasteiger charge is 2.17. The van der Waals surface area contributed by atoms with Gasteiger partial charge in [0.25, 0.3) is 0 Å². The van der Waals surface area contributed by atoms with E-state index in [4.69, 9.17) is 11.6 Å². The number of ether oxygens (including phenoxy) is 1. The van der Waals surface area contributed by atoms with E-state index >= 15 is 0 Å². The highest BCUT2D eigenvalue weighted by atomic mass is 35.5. The maximum Gasteiger partial charge on any atom is 0.315 e. The van der Waals surface area contributed by atoms with Crippen LogP contribution in [0.2, 0.25) is 0 Å². The van der Waals surface area contributed by atoms with Crippen molar-refractivity contribution in [2.45, 2.75) is 18.6 Å². The standard InChI is InChI=1S/C10H13ClO2S/c1-7-8(11)4-3-5-9(7)14-6-10(12)13-2/h3-4,9H,5-6H2,1-2H3. The van der Waals surface area contributed by atoms with Gasteiger partial charge >= 0.3 is 5.97 Å². The predicted octanol–water partition coefficient (Wildman–Crippen LogP) is 2.73. The van der Waals surface area contributed by atoms with Gasteiger partial charge in [-0.25, -0.2) is 0 Å². The molecule has 0 radical (unpaired) electrons. The summed E-state index contributed by atoms with van der Waals surface area (Å²) in [6, 6.07) is 0. The van der Waals surface area contributed by atoms with Gasteiger partial charge in [-0.1, -0.05) is 17.7 Å². The number of hydrogen-bond acceptors (Lipinski definition) is 3. The Labute approximate surface area is 93.3 Å². The van der Waals surface area contributed by atoms with Crippen molar-refractivity contribution in [2.24, 2.45) is 0 Å². The van der Waals surface area contributed by atoms with Crippen molar-refractivity contribution >= 4 is 29.3 Å². The molecular weight excluding hydrogens is 220 g/mol. The van der Waals surface area contributed by atoms with E-state index in [0.717, 1.165) is 17.0 Å². The van der Waals surface area contributed by atoms with Crippen molar-refractivity contribution in [1.29, 1.82) is 0 Å². The predicted molar refractivity (Wildman–Crippen MR) is 60.6 cm³/mol. The summed E-state index contributed by atoms with van der Waals surface area (Å²) >= 11 is 7.55. The Kier molecular flexibility index (Phi) is 4.55. The molecule has 0 saturated carbocycles. The SMILES string of the molecule is COC(=O)CSC1CC=CC(Cl)=C1C. The molecule has 0 spiro atoms. The zero-order chi connectivity index (χ0) is 10.6. The molecule has 1 rings (SSSR count). The molecule has 0 fully saturated rings. The molecule has 0 aromatic heterocycles. The fourth-order valence-corrected chi connectivity index (χ4v) is 2.54. The second kappa shape index (κ2) is 5.47. The molecule has 2 nitrogen and oxygen atoms in total. The summed E-state index contributed by atoms with van der Waals surface area (Å²) in [5, 5.41) is 1.10. The van der Waals surface area contributed by atoms with E-state index in [1.165, 1.54) is 7.11 Å². The van der Waals surface area contributed by atoms with Gasteiger partial charge < -0.3 is 4.74 Å². The first-order valence-electron chi connectivity index (χ1n) is 4.36. The summed E-state index contributed by atoms with van der Waals surface area (Å²) in [7, 11) is 1.40. The van der Waals surface area contributed by atoms with Crippen molar-refractivity contribution in [3.8, 4) is 0 Å². The van der Waals surface area contributed by atoms with Gasteiger partial charge in [-0.15, -0.1) is 11.8 Å². The van der Waals surface area contributed by atoms with Gasteiger partial charge in [-0.05, 0) is 25.0 Å². The molecule has 1 aliphatic carbocycles. The minimum absolute atomic E-state index is 0.187. The minimum Gasteiger partial charge on any atom is -0.468 e. The van der Waals surface area contributed by atoms with Crippen molar-refractivity contribution in [3.05, 3.63) is 22.8 Å². The van der Waals surface area contributed by atoms with Gasteiger partial charge in [0.1, 0.15) is 0 Å². The summed E-state index contributed by atoms with van der Waals surface area (Å²) in [6.45, 7) is 2.00. The lowest BCUT2D eigenvalue weighted by molar-refractivity contribution is -0.137. The highest BCUT2D eigenvalue weighted by Crippen LogP contribution is 2.30. The molecule has 1 aliphatic rings. The van der Waals surface area contributed by atoms with E-state index in [0.29, 0.717) is 11.0 Å². The number of rotatable bonds is 3. The van der Waals surface area contributed by atoms with Crippen molar-refractivity contribution < 1.29 is 9.53 Å². The Hall–Kier alpha value is -0.410. The first-order valence-corrected chi connectivity index (χ1v) is 5.79. The Morgan fingerprint density at radius 3 is 3.14 bits per heavy atom. The Morgan fingerprint density at radius 1 is 1.79 bits per heavy atom. The van der Waals surface area contributed by atoms with Gasteiger partial charge in [0.2, 0.25) is 0 Å². The van der Waals surface area contributed by atoms with E-state index in [1.807, 2.05) is 19.1 Å². The molecule has 0 aliphatic heterocycles. The molecule has 0 bridgehead atoms. The second-order valence-corrected chi connectivity index (χ2v) is 4.64. The van der Waals surface area contributed by atoms with Gasteiger partial charge in [0, 0.05) is 10.3 Å². The molecule has 0 heterocycles. The summed E-state index contributed by atoms with van der Waals surface area (Å²) < 4.78 is 4.58. The highest BCUT2D eigenvalue weighted by molar-refractivity contribution is 8.00. The van der Waals surface area contributed by atoms with Crippen LogP contribution in [0.25, 0.3) is 0 Å². The monoisotopic (exact) mass is 232 g/mol. The van der Waals surface area contributed by atoms with Crippen molar-refractivity contribution in [3.63, 3.8) is 0 Å². The van der Waals surface area contributed by atoms with Crippen LogP contribution >= 0.6 is 23.4 Å². The molecule has 1 atom stereocenters. The summed E-state index contributed by atoms with van der Waals surface area (Å²) in [4.78, 5) is 10.9. The van der Waals surface area contributed by atoms with Crippen LogP contribution in [0.3, 0.4) is 0 Å². The van der Waals surface area contributed by atoms with Gasteiger partial charge in [0.15, 0.2) is 0 Å². The molecule has 14 heavy (non-hydrogen) atoms. The van der Waals surface area contributed by atoms with Gasteiger partial charge in [0.05, 0.1) is 12.9 Å². The third kappa shape index (κ3) is 3.07. The van der Waals surface area contributed by atoms with E-state index in [2.05, 4.69) is 4.74 Å². The molecular formula is C10H13ClO2S. The Morgan fingerprint density at radius 2 is 2.50 bits per heavy atom. The van der Waals surface area contributed by atoms with E-state index in [-0.39, 0.29) is 5.97 Å². The number of thioether (sulfide) groups is 1. The topological polar surface area (TPSA) is 26.3 Å². The molecule has 0 amide bonds. The average molecular weight is 233 g/mol. The maximum absolute atomic E-state index is 10.9. The fraction of sp³-hybridized carbons (Fsp3) is 0.500. The van der Waals surface area contributed by atoms with Crippen molar-refractivity contribution in [1.82, 2.24) is 0 Å². The molecule has 0 saturated heterocycles. The number of halogens is 1. The zero-order valence-electron chi connectivity index (χ0n) is 8.25. The van der Waals surface area contributed by atoms with E-state index in [1.54, 1.807) is 11.8 Å². The molecule has 4 heteroatoms. The summed E-state index contributed by atoms with van der Waals surface area (Å²) in [5.74, 6) is 0.199. The van der Waals surface area contributed by atoms with Gasteiger partial charge in [-0.3, -0.25) is 4.79 Å². The molecule has 78 valence electrons. The van der Waals surface area contributed by atoms with Crippen LogP contribution in [-0.4, -0.2) is 24.1 Å². The maximum atomic E-state index is 10.9. The third-order valence-corrected chi connectivity index (χ3v) is 3.88. The summed E-state index contributed by atoms with van der Waals surface area (Å²) in [6.07, 6.45) is 4.88. The lowest BCUT2D eigenvalue weighted by Crippen LogP contribution is -2.12. The van der Waals surface area contributed by atoms with Crippen LogP contribution in [0.1, 0.15) is 13.3 Å². The van der Waals surface area contributed by atoms with Gasteiger partial charge in [-0.2, -0.15) is 0 Å². The number of allylic oxidation sites excluding steroid dienone is 3. The third-order valence-electron chi connectivity index (χ3n) is 2.10. The van der Waals surface area contributed by atoms with Crippen LogP contribution in [0.15, 0.2) is 22.8 Å². The second-order valence-electron chi connectivity index (χ2n) is 3.04. The number of methoxy groups -OCH3 is 1. The fourth-order valence-electron chi connectivity index (χ4n) is 1.18. The molecule has 0 aromatic carbocycles.